The second kappa shape index (κ2) is 6.00. The van der Waals surface area contributed by atoms with Gasteiger partial charge in [-0.05, 0) is 32.4 Å². The number of piperidine rings is 1. The number of carbonyl (C=O) groups is 1. The first-order valence-corrected chi connectivity index (χ1v) is 6.71. The number of hydrogen-bond acceptors (Lipinski definition) is 3. The van der Waals surface area contributed by atoms with Crippen LogP contribution in [0, 0.1) is 5.41 Å². The lowest BCUT2D eigenvalue weighted by molar-refractivity contribution is -0.132. The Kier molecular flexibility index (Phi) is 4.36. The molecule has 2 heterocycles. The van der Waals surface area contributed by atoms with Gasteiger partial charge in [0.25, 0.3) is 0 Å². The van der Waals surface area contributed by atoms with Gasteiger partial charge in [-0.2, -0.15) is 0 Å². The number of nitrogens with one attached hydrogen (secondary N) is 2. The average Bonchev–Trinajstić information content (AvgIpc) is 2.92. The Labute approximate surface area is 108 Å². The maximum atomic E-state index is 12.3. The number of imidazole rings is 1. The van der Waals surface area contributed by atoms with Crippen LogP contribution in [0.2, 0.25) is 0 Å². The topological polar surface area (TPSA) is 59.0 Å². The summed E-state index contributed by atoms with van der Waals surface area (Å²) >= 11 is 0. The van der Waals surface area contributed by atoms with Crippen molar-refractivity contribution in [3.05, 3.63) is 18.7 Å². The minimum absolute atomic E-state index is 0.153. The molecule has 0 bridgehead atoms. The van der Waals surface area contributed by atoms with Crippen LogP contribution in [0.5, 0.6) is 0 Å². The Hall–Kier alpha value is -1.36. The van der Waals surface area contributed by atoms with Crippen LogP contribution in [0.25, 0.3) is 0 Å². The van der Waals surface area contributed by atoms with Crippen molar-refractivity contribution in [2.24, 2.45) is 5.41 Å². The standard InChI is InChI=1S/C13H22N4O/c1-2-13(3-5-14-6-4-13)12(18)16-8-10-17-9-7-15-11-17/h7,9,11,14H,2-6,8,10H2,1H3,(H,16,18). The van der Waals surface area contributed by atoms with E-state index in [9.17, 15) is 4.79 Å². The third-order valence-electron chi connectivity index (χ3n) is 3.93. The summed E-state index contributed by atoms with van der Waals surface area (Å²) in [5.41, 5.74) is -0.153. The van der Waals surface area contributed by atoms with Crippen LogP contribution >= 0.6 is 0 Å². The third-order valence-corrected chi connectivity index (χ3v) is 3.93. The molecule has 5 nitrogen and oxygen atoms in total. The first kappa shape index (κ1) is 13.1. The number of carbonyl (C=O) groups excluding carboxylic acids is 1. The normalized spacial score (nSPS) is 18.5. The summed E-state index contributed by atoms with van der Waals surface area (Å²) in [4.78, 5) is 16.3. The van der Waals surface area contributed by atoms with Crippen molar-refractivity contribution in [3.63, 3.8) is 0 Å². The molecule has 18 heavy (non-hydrogen) atoms. The highest BCUT2D eigenvalue weighted by Gasteiger charge is 2.37. The van der Waals surface area contributed by atoms with E-state index in [0.29, 0.717) is 6.54 Å². The lowest BCUT2D eigenvalue weighted by atomic mass is 9.76. The highest BCUT2D eigenvalue weighted by atomic mass is 16.2. The summed E-state index contributed by atoms with van der Waals surface area (Å²) in [6.07, 6.45) is 8.24. The van der Waals surface area contributed by atoms with Gasteiger partial charge in [0.1, 0.15) is 0 Å². The lowest BCUT2D eigenvalue weighted by Crippen LogP contribution is -2.47. The Balaban J connectivity index is 1.82. The molecule has 0 unspecified atom stereocenters. The van der Waals surface area contributed by atoms with E-state index in [1.807, 2.05) is 10.8 Å². The number of aromatic nitrogens is 2. The average molecular weight is 250 g/mol. The van der Waals surface area contributed by atoms with Crippen LogP contribution in [-0.2, 0) is 11.3 Å². The van der Waals surface area contributed by atoms with Gasteiger partial charge < -0.3 is 15.2 Å². The van der Waals surface area contributed by atoms with E-state index in [1.54, 1.807) is 12.5 Å². The fourth-order valence-corrected chi connectivity index (χ4v) is 2.55. The Morgan fingerprint density at radius 1 is 1.50 bits per heavy atom. The van der Waals surface area contributed by atoms with Gasteiger partial charge in [-0.3, -0.25) is 4.79 Å². The molecule has 1 aromatic rings. The zero-order valence-electron chi connectivity index (χ0n) is 11.0. The minimum Gasteiger partial charge on any atom is -0.354 e. The maximum absolute atomic E-state index is 12.3. The molecule has 0 atom stereocenters. The molecule has 1 aliphatic rings. The second-order valence-electron chi connectivity index (χ2n) is 4.94. The second-order valence-corrected chi connectivity index (χ2v) is 4.94. The van der Waals surface area contributed by atoms with Crippen molar-refractivity contribution in [2.45, 2.75) is 32.7 Å². The van der Waals surface area contributed by atoms with Crippen molar-refractivity contribution in [2.75, 3.05) is 19.6 Å². The highest BCUT2D eigenvalue weighted by Crippen LogP contribution is 2.32. The third kappa shape index (κ3) is 2.90. The fourth-order valence-electron chi connectivity index (χ4n) is 2.55. The number of rotatable bonds is 5. The lowest BCUT2D eigenvalue weighted by Gasteiger charge is -2.35. The Morgan fingerprint density at radius 2 is 2.28 bits per heavy atom. The first-order chi connectivity index (χ1) is 8.77. The SMILES string of the molecule is CCC1(C(=O)NCCn2ccnc2)CCNCC1. The summed E-state index contributed by atoms with van der Waals surface area (Å²) in [6.45, 7) is 5.46. The molecule has 0 saturated carbocycles. The van der Waals surface area contributed by atoms with Crippen molar-refractivity contribution in [1.82, 2.24) is 20.2 Å². The van der Waals surface area contributed by atoms with Crippen molar-refractivity contribution < 1.29 is 4.79 Å². The van der Waals surface area contributed by atoms with E-state index >= 15 is 0 Å². The molecule has 0 radical (unpaired) electrons. The zero-order chi connectivity index (χ0) is 12.8. The van der Waals surface area contributed by atoms with E-state index in [0.717, 1.165) is 38.9 Å². The molecule has 2 N–H and O–H groups in total. The van der Waals surface area contributed by atoms with Crippen molar-refractivity contribution in [3.8, 4) is 0 Å². The largest absolute Gasteiger partial charge is 0.354 e. The zero-order valence-corrected chi connectivity index (χ0v) is 11.0. The van der Waals surface area contributed by atoms with Gasteiger partial charge in [-0.1, -0.05) is 6.92 Å². The molecule has 100 valence electrons. The van der Waals surface area contributed by atoms with Crippen LogP contribution in [0.15, 0.2) is 18.7 Å². The van der Waals surface area contributed by atoms with Gasteiger partial charge in [-0.25, -0.2) is 4.98 Å². The van der Waals surface area contributed by atoms with Gasteiger partial charge >= 0.3 is 0 Å². The predicted molar refractivity (Wildman–Crippen MR) is 70.1 cm³/mol. The van der Waals surface area contributed by atoms with Crippen LogP contribution in [0.1, 0.15) is 26.2 Å². The van der Waals surface area contributed by atoms with Gasteiger partial charge in [0.15, 0.2) is 0 Å². The molecule has 5 heteroatoms. The Morgan fingerprint density at radius 3 is 2.89 bits per heavy atom. The molecular formula is C13H22N4O. The summed E-state index contributed by atoms with van der Waals surface area (Å²) in [5.74, 6) is 0.214. The van der Waals surface area contributed by atoms with Gasteiger partial charge in [0.2, 0.25) is 5.91 Å². The fraction of sp³-hybridized carbons (Fsp3) is 0.692. The van der Waals surface area contributed by atoms with E-state index in [2.05, 4.69) is 22.5 Å². The molecule has 1 saturated heterocycles. The highest BCUT2D eigenvalue weighted by molar-refractivity contribution is 5.82. The quantitative estimate of drug-likeness (QED) is 0.812. The molecule has 0 aromatic carbocycles. The molecule has 1 amide bonds. The van der Waals surface area contributed by atoms with E-state index < -0.39 is 0 Å². The van der Waals surface area contributed by atoms with Crippen LogP contribution in [-0.4, -0.2) is 35.1 Å². The van der Waals surface area contributed by atoms with Gasteiger partial charge in [0.05, 0.1) is 11.7 Å². The molecule has 1 fully saturated rings. The first-order valence-electron chi connectivity index (χ1n) is 6.71. The maximum Gasteiger partial charge on any atom is 0.226 e. The summed E-state index contributed by atoms with van der Waals surface area (Å²) in [6, 6.07) is 0. The van der Waals surface area contributed by atoms with Crippen LogP contribution in [0.3, 0.4) is 0 Å². The van der Waals surface area contributed by atoms with Gasteiger partial charge in [0, 0.05) is 25.5 Å². The predicted octanol–water partition coefficient (Wildman–Crippen LogP) is 0.779. The summed E-state index contributed by atoms with van der Waals surface area (Å²) in [5, 5.41) is 6.38. The molecule has 0 spiro atoms. The van der Waals surface area contributed by atoms with Crippen LogP contribution in [0.4, 0.5) is 0 Å². The molecule has 0 aliphatic carbocycles. The van der Waals surface area contributed by atoms with E-state index in [1.165, 1.54) is 0 Å². The van der Waals surface area contributed by atoms with Crippen molar-refractivity contribution in [1.29, 1.82) is 0 Å². The minimum atomic E-state index is -0.153. The summed E-state index contributed by atoms with van der Waals surface area (Å²) in [7, 11) is 0. The Bertz CT molecular complexity index is 368. The van der Waals surface area contributed by atoms with Crippen molar-refractivity contribution >= 4 is 5.91 Å². The molecule has 1 aliphatic heterocycles. The number of amides is 1. The monoisotopic (exact) mass is 250 g/mol. The summed E-state index contributed by atoms with van der Waals surface area (Å²) < 4.78 is 1.97. The van der Waals surface area contributed by atoms with Crippen LogP contribution < -0.4 is 10.6 Å². The molecule has 1 aromatic heterocycles. The van der Waals surface area contributed by atoms with Gasteiger partial charge in [-0.15, -0.1) is 0 Å². The number of nitrogens with zero attached hydrogens (tertiary/aromatic N) is 2. The smallest absolute Gasteiger partial charge is 0.226 e. The van der Waals surface area contributed by atoms with E-state index in [-0.39, 0.29) is 11.3 Å². The number of hydrogen-bond donors (Lipinski definition) is 2. The van der Waals surface area contributed by atoms with E-state index in [4.69, 9.17) is 0 Å². The molecular weight excluding hydrogens is 228 g/mol. The molecule has 2 rings (SSSR count).